The molecule has 2 amide bonds. The lowest BCUT2D eigenvalue weighted by molar-refractivity contribution is 0.252. The Hall–Kier alpha value is -1.56. The van der Waals surface area contributed by atoms with Gasteiger partial charge in [0.25, 0.3) is 0 Å². The Bertz CT molecular complexity index is 365. The SMILES string of the molecule is O=C(NCCCl)Nc1ccnc(=O)[nH]1. The van der Waals surface area contributed by atoms with Crippen LogP contribution in [0.25, 0.3) is 0 Å². The molecule has 0 saturated heterocycles. The first-order chi connectivity index (χ1) is 6.72. The number of alkyl halides is 1. The van der Waals surface area contributed by atoms with Crippen LogP contribution in [0.15, 0.2) is 17.1 Å². The molecule has 0 aliphatic carbocycles. The van der Waals surface area contributed by atoms with Gasteiger partial charge in [-0.15, -0.1) is 11.6 Å². The number of hydrogen-bond donors (Lipinski definition) is 3. The number of aromatic amines is 1. The number of urea groups is 1. The van der Waals surface area contributed by atoms with Crippen LogP contribution in [0, 0.1) is 0 Å². The van der Waals surface area contributed by atoms with Crippen LogP contribution in [0.2, 0.25) is 0 Å². The summed E-state index contributed by atoms with van der Waals surface area (Å²) in [6.45, 7) is 0.364. The van der Waals surface area contributed by atoms with Gasteiger partial charge in [0.2, 0.25) is 0 Å². The van der Waals surface area contributed by atoms with Crippen molar-refractivity contribution in [1.82, 2.24) is 15.3 Å². The van der Waals surface area contributed by atoms with Gasteiger partial charge in [0.15, 0.2) is 0 Å². The van der Waals surface area contributed by atoms with Crippen molar-refractivity contribution in [2.24, 2.45) is 0 Å². The Kier molecular flexibility index (Phi) is 3.93. The average Bonchev–Trinajstić information content (AvgIpc) is 2.15. The van der Waals surface area contributed by atoms with Crippen molar-refractivity contribution in [2.75, 3.05) is 17.7 Å². The van der Waals surface area contributed by atoms with Gasteiger partial charge in [-0.1, -0.05) is 0 Å². The summed E-state index contributed by atoms with van der Waals surface area (Å²) >= 11 is 5.36. The molecule has 1 aromatic rings. The van der Waals surface area contributed by atoms with E-state index in [9.17, 15) is 9.59 Å². The molecule has 0 saturated carbocycles. The van der Waals surface area contributed by atoms with Crippen molar-refractivity contribution >= 4 is 23.4 Å². The quantitative estimate of drug-likeness (QED) is 0.628. The van der Waals surface area contributed by atoms with E-state index in [-0.39, 0.29) is 5.82 Å². The number of hydrogen-bond acceptors (Lipinski definition) is 3. The van der Waals surface area contributed by atoms with Crippen LogP contribution >= 0.6 is 11.6 Å². The number of carbonyl (C=O) groups is 1. The molecule has 0 aliphatic heterocycles. The fraction of sp³-hybridized carbons (Fsp3) is 0.286. The van der Waals surface area contributed by atoms with E-state index in [4.69, 9.17) is 11.6 Å². The third-order valence-electron chi connectivity index (χ3n) is 1.30. The number of halogens is 1. The van der Waals surface area contributed by atoms with Gasteiger partial charge in [-0.2, -0.15) is 0 Å². The highest BCUT2D eigenvalue weighted by molar-refractivity contribution is 6.18. The molecule has 0 spiro atoms. The van der Waals surface area contributed by atoms with Gasteiger partial charge >= 0.3 is 11.7 Å². The summed E-state index contributed by atoms with van der Waals surface area (Å²) in [7, 11) is 0. The van der Waals surface area contributed by atoms with Crippen LogP contribution < -0.4 is 16.3 Å². The van der Waals surface area contributed by atoms with E-state index >= 15 is 0 Å². The Morgan fingerprint density at radius 2 is 2.43 bits per heavy atom. The molecule has 0 aromatic carbocycles. The number of anilines is 1. The van der Waals surface area contributed by atoms with Crippen molar-refractivity contribution in [1.29, 1.82) is 0 Å². The summed E-state index contributed by atoms with van der Waals surface area (Å²) in [5.41, 5.74) is -0.514. The number of carbonyl (C=O) groups excluding carboxylic acids is 1. The molecule has 0 unspecified atom stereocenters. The summed E-state index contributed by atoms with van der Waals surface area (Å²) in [5.74, 6) is 0.623. The monoisotopic (exact) mass is 216 g/mol. The molecule has 0 aliphatic rings. The zero-order valence-corrected chi connectivity index (χ0v) is 7.97. The summed E-state index contributed by atoms with van der Waals surface area (Å²) in [4.78, 5) is 27.5. The second-order valence-corrected chi connectivity index (χ2v) is 2.74. The highest BCUT2D eigenvalue weighted by Gasteiger charge is 2.00. The second-order valence-electron chi connectivity index (χ2n) is 2.36. The average molecular weight is 217 g/mol. The minimum absolute atomic E-state index is 0.289. The number of H-pyrrole nitrogens is 1. The Labute approximate surface area is 84.7 Å². The fourth-order valence-electron chi connectivity index (χ4n) is 0.769. The maximum atomic E-state index is 11.1. The van der Waals surface area contributed by atoms with Gasteiger partial charge in [-0.25, -0.2) is 14.6 Å². The van der Waals surface area contributed by atoms with E-state index in [0.717, 1.165) is 0 Å². The minimum Gasteiger partial charge on any atom is -0.337 e. The van der Waals surface area contributed by atoms with Crippen LogP contribution in [-0.2, 0) is 0 Å². The van der Waals surface area contributed by atoms with E-state index in [1.807, 2.05) is 0 Å². The Morgan fingerprint density at radius 3 is 3.07 bits per heavy atom. The van der Waals surface area contributed by atoms with Crippen molar-refractivity contribution in [3.05, 3.63) is 22.7 Å². The predicted molar refractivity (Wildman–Crippen MR) is 52.6 cm³/mol. The lowest BCUT2D eigenvalue weighted by Crippen LogP contribution is -2.31. The van der Waals surface area contributed by atoms with E-state index in [1.165, 1.54) is 12.3 Å². The minimum atomic E-state index is -0.514. The molecular formula is C7H9ClN4O2. The summed E-state index contributed by atoms with van der Waals surface area (Å²) in [6, 6.07) is 1.05. The normalized spacial score (nSPS) is 9.50. The van der Waals surface area contributed by atoms with Crippen LogP contribution in [0.4, 0.5) is 10.6 Å². The molecular weight excluding hydrogens is 208 g/mol. The molecule has 14 heavy (non-hydrogen) atoms. The van der Waals surface area contributed by atoms with Gasteiger partial charge in [0.1, 0.15) is 5.82 Å². The van der Waals surface area contributed by atoms with Crippen molar-refractivity contribution in [3.8, 4) is 0 Å². The Balaban J connectivity index is 2.52. The van der Waals surface area contributed by atoms with Gasteiger partial charge in [0, 0.05) is 18.6 Å². The van der Waals surface area contributed by atoms with Crippen LogP contribution in [0.5, 0.6) is 0 Å². The van der Waals surface area contributed by atoms with Crippen LogP contribution in [-0.4, -0.2) is 28.4 Å². The van der Waals surface area contributed by atoms with Crippen molar-refractivity contribution in [3.63, 3.8) is 0 Å². The van der Waals surface area contributed by atoms with E-state index in [2.05, 4.69) is 20.6 Å². The van der Waals surface area contributed by atoms with Crippen molar-refractivity contribution in [2.45, 2.75) is 0 Å². The molecule has 0 fully saturated rings. The fourth-order valence-corrected chi connectivity index (χ4v) is 0.863. The standard InChI is InChI=1S/C7H9ClN4O2/c8-2-4-10-7(14)12-5-1-3-9-6(13)11-5/h1,3H,2,4H2,(H3,9,10,11,12,13,14). The maximum Gasteiger partial charge on any atom is 0.346 e. The third-order valence-corrected chi connectivity index (χ3v) is 1.49. The van der Waals surface area contributed by atoms with Gasteiger partial charge in [0.05, 0.1) is 0 Å². The highest BCUT2D eigenvalue weighted by atomic mass is 35.5. The molecule has 0 radical (unpaired) electrons. The number of rotatable bonds is 3. The van der Waals surface area contributed by atoms with Gasteiger partial charge in [-0.3, -0.25) is 10.3 Å². The molecule has 1 rings (SSSR count). The van der Waals surface area contributed by atoms with E-state index in [0.29, 0.717) is 12.4 Å². The molecule has 76 valence electrons. The van der Waals surface area contributed by atoms with Gasteiger partial charge < -0.3 is 5.32 Å². The van der Waals surface area contributed by atoms with Gasteiger partial charge in [-0.05, 0) is 6.07 Å². The summed E-state index contributed by atoms with van der Waals surface area (Å²) in [5, 5.41) is 4.89. The Morgan fingerprint density at radius 1 is 1.64 bits per heavy atom. The molecule has 6 nitrogen and oxygen atoms in total. The topological polar surface area (TPSA) is 86.9 Å². The maximum absolute atomic E-state index is 11.1. The first-order valence-electron chi connectivity index (χ1n) is 3.88. The molecule has 0 atom stereocenters. The molecule has 3 N–H and O–H groups in total. The second kappa shape index (κ2) is 5.23. The predicted octanol–water partition coefficient (Wildman–Crippen LogP) is 0.130. The third kappa shape index (κ3) is 3.44. The van der Waals surface area contributed by atoms with Crippen LogP contribution in [0.3, 0.4) is 0 Å². The first kappa shape index (κ1) is 10.5. The summed E-state index contributed by atoms with van der Waals surface area (Å²) < 4.78 is 0. The zero-order valence-electron chi connectivity index (χ0n) is 7.21. The largest absolute Gasteiger partial charge is 0.346 e. The van der Waals surface area contributed by atoms with Crippen LogP contribution in [0.1, 0.15) is 0 Å². The molecule has 0 bridgehead atoms. The number of aromatic nitrogens is 2. The first-order valence-corrected chi connectivity index (χ1v) is 4.42. The summed E-state index contributed by atoms with van der Waals surface area (Å²) in [6.07, 6.45) is 1.30. The number of amides is 2. The molecule has 1 aromatic heterocycles. The smallest absolute Gasteiger partial charge is 0.337 e. The van der Waals surface area contributed by atoms with E-state index < -0.39 is 11.7 Å². The zero-order chi connectivity index (χ0) is 10.4. The lowest BCUT2D eigenvalue weighted by Gasteiger charge is -2.04. The highest BCUT2D eigenvalue weighted by Crippen LogP contribution is 1.94. The molecule has 7 heteroatoms. The number of nitrogens with one attached hydrogen (secondary N) is 3. The lowest BCUT2D eigenvalue weighted by atomic mass is 10.6. The number of nitrogens with zero attached hydrogens (tertiary/aromatic N) is 1. The molecule has 1 heterocycles. The van der Waals surface area contributed by atoms with E-state index in [1.54, 1.807) is 0 Å². The van der Waals surface area contributed by atoms with Crippen molar-refractivity contribution < 1.29 is 4.79 Å².